The lowest BCUT2D eigenvalue weighted by molar-refractivity contribution is -0.141. The SMILES string of the molecule is C#C[C@@](C)(Oc1ccc(OC)cc1)[C@H](NC(=O)OCc1ccccc1)C(=O)NCC(=O)OC. The molecule has 174 valence electrons. The van der Waals surface area contributed by atoms with E-state index in [0.717, 1.165) is 5.56 Å². The molecular formula is C24H26N2O7. The van der Waals surface area contributed by atoms with Crippen LogP contribution in [0.4, 0.5) is 4.79 Å². The number of nitrogens with one attached hydrogen (secondary N) is 2. The van der Waals surface area contributed by atoms with Crippen molar-refractivity contribution in [3.05, 3.63) is 60.2 Å². The number of methoxy groups -OCH3 is 2. The third-order valence-corrected chi connectivity index (χ3v) is 4.60. The lowest BCUT2D eigenvalue weighted by Gasteiger charge is -2.33. The maximum absolute atomic E-state index is 12.9. The topological polar surface area (TPSA) is 112 Å². The van der Waals surface area contributed by atoms with E-state index in [4.69, 9.17) is 20.6 Å². The van der Waals surface area contributed by atoms with Gasteiger partial charge in [0, 0.05) is 0 Å². The van der Waals surface area contributed by atoms with Crippen LogP contribution in [0.1, 0.15) is 12.5 Å². The molecule has 0 bridgehead atoms. The molecule has 0 fully saturated rings. The van der Waals surface area contributed by atoms with Crippen LogP contribution in [0.3, 0.4) is 0 Å². The van der Waals surface area contributed by atoms with Crippen LogP contribution in [0.5, 0.6) is 11.5 Å². The van der Waals surface area contributed by atoms with Gasteiger partial charge >= 0.3 is 12.1 Å². The molecule has 0 heterocycles. The van der Waals surface area contributed by atoms with Crippen molar-refractivity contribution in [2.75, 3.05) is 20.8 Å². The van der Waals surface area contributed by atoms with Crippen LogP contribution in [0.2, 0.25) is 0 Å². The molecule has 2 atom stereocenters. The third kappa shape index (κ3) is 7.47. The molecule has 2 rings (SSSR count). The van der Waals surface area contributed by atoms with Crippen LogP contribution >= 0.6 is 0 Å². The molecule has 0 spiro atoms. The van der Waals surface area contributed by atoms with Gasteiger partial charge in [-0.15, -0.1) is 6.42 Å². The Morgan fingerprint density at radius 3 is 2.24 bits per heavy atom. The molecule has 2 N–H and O–H groups in total. The molecule has 9 nitrogen and oxygen atoms in total. The number of esters is 1. The van der Waals surface area contributed by atoms with Crippen LogP contribution in [0, 0.1) is 12.3 Å². The summed E-state index contributed by atoms with van der Waals surface area (Å²) in [5.74, 6) is 1.92. The summed E-state index contributed by atoms with van der Waals surface area (Å²) in [5.41, 5.74) is -0.880. The van der Waals surface area contributed by atoms with Crippen LogP contribution in [-0.4, -0.2) is 50.4 Å². The molecule has 2 amide bonds. The fraction of sp³-hybridized carbons (Fsp3) is 0.292. The second-order valence-corrected chi connectivity index (χ2v) is 6.96. The van der Waals surface area contributed by atoms with Crippen molar-refractivity contribution in [3.63, 3.8) is 0 Å². The predicted molar refractivity (Wildman–Crippen MR) is 119 cm³/mol. The Hall–Kier alpha value is -4.19. The highest BCUT2D eigenvalue weighted by atomic mass is 16.6. The Morgan fingerprint density at radius 1 is 1.03 bits per heavy atom. The average molecular weight is 454 g/mol. The van der Waals surface area contributed by atoms with Gasteiger partial charge in [0.05, 0.1) is 14.2 Å². The number of ether oxygens (including phenoxy) is 4. The van der Waals surface area contributed by atoms with Crippen LogP contribution in [0.15, 0.2) is 54.6 Å². The first kappa shape index (κ1) is 25.1. The number of amides is 2. The second kappa shape index (κ2) is 12.0. The first-order valence-corrected chi connectivity index (χ1v) is 9.94. The molecule has 0 saturated carbocycles. The van der Waals surface area contributed by atoms with E-state index in [1.54, 1.807) is 48.5 Å². The van der Waals surface area contributed by atoms with Crippen LogP contribution in [0.25, 0.3) is 0 Å². The lowest BCUT2D eigenvalue weighted by atomic mass is 9.96. The number of alkyl carbamates (subject to hydrolysis) is 1. The molecule has 0 saturated heterocycles. The van der Waals surface area contributed by atoms with Gasteiger partial charge in [-0.3, -0.25) is 9.59 Å². The van der Waals surface area contributed by atoms with E-state index < -0.39 is 36.2 Å². The van der Waals surface area contributed by atoms with Gasteiger partial charge in [-0.05, 0) is 36.8 Å². The molecule has 2 aromatic rings. The summed E-state index contributed by atoms with van der Waals surface area (Å²) in [4.78, 5) is 36.8. The highest BCUT2D eigenvalue weighted by Gasteiger charge is 2.42. The Balaban J connectivity index is 2.20. The zero-order chi connectivity index (χ0) is 24.3. The Morgan fingerprint density at radius 2 is 1.67 bits per heavy atom. The van der Waals surface area contributed by atoms with Crippen molar-refractivity contribution >= 4 is 18.0 Å². The van der Waals surface area contributed by atoms with E-state index in [1.165, 1.54) is 21.1 Å². The van der Waals surface area contributed by atoms with Crippen molar-refractivity contribution in [2.45, 2.75) is 25.2 Å². The Bertz CT molecular complexity index is 986. The van der Waals surface area contributed by atoms with Crippen molar-refractivity contribution in [1.82, 2.24) is 10.6 Å². The fourth-order valence-electron chi connectivity index (χ4n) is 2.73. The number of carbonyl (C=O) groups is 3. The number of hydrogen-bond donors (Lipinski definition) is 2. The van der Waals surface area contributed by atoms with E-state index in [-0.39, 0.29) is 6.61 Å². The fourth-order valence-corrected chi connectivity index (χ4v) is 2.73. The molecule has 2 aromatic carbocycles. The van der Waals surface area contributed by atoms with Crippen molar-refractivity contribution in [2.24, 2.45) is 0 Å². The highest BCUT2D eigenvalue weighted by Crippen LogP contribution is 2.24. The zero-order valence-electron chi connectivity index (χ0n) is 18.6. The molecule has 33 heavy (non-hydrogen) atoms. The maximum atomic E-state index is 12.9. The number of carbonyl (C=O) groups excluding carboxylic acids is 3. The first-order chi connectivity index (χ1) is 15.8. The lowest BCUT2D eigenvalue weighted by Crippen LogP contribution is -2.61. The van der Waals surface area contributed by atoms with E-state index in [1.807, 2.05) is 6.07 Å². The average Bonchev–Trinajstić information content (AvgIpc) is 2.85. The first-order valence-electron chi connectivity index (χ1n) is 9.94. The van der Waals surface area contributed by atoms with Gasteiger partial charge < -0.3 is 29.6 Å². The van der Waals surface area contributed by atoms with E-state index >= 15 is 0 Å². The summed E-state index contributed by atoms with van der Waals surface area (Å²) >= 11 is 0. The standard InChI is InChI=1S/C24H26N2O7/c1-5-24(2,33-19-13-11-18(30-3)12-14-19)21(22(28)25-15-20(27)31-4)26-23(29)32-16-17-9-7-6-8-10-17/h1,6-14,21H,15-16H2,2-4H3,(H,25,28)(H,26,29)/t21-,24-/m1/s1. The van der Waals surface area contributed by atoms with Gasteiger partial charge in [-0.2, -0.15) is 0 Å². The van der Waals surface area contributed by atoms with Crippen LogP contribution < -0.4 is 20.1 Å². The Labute approximate surface area is 192 Å². The summed E-state index contributed by atoms with van der Waals surface area (Å²) < 4.78 is 20.7. The summed E-state index contributed by atoms with van der Waals surface area (Å²) in [6.07, 6.45) is 4.82. The third-order valence-electron chi connectivity index (χ3n) is 4.60. The van der Waals surface area contributed by atoms with E-state index in [9.17, 15) is 14.4 Å². The molecule has 0 aromatic heterocycles. The van der Waals surface area contributed by atoms with Gasteiger partial charge in [-0.25, -0.2) is 4.79 Å². The van der Waals surface area contributed by atoms with E-state index in [0.29, 0.717) is 11.5 Å². The van der Waals surface area contributed by atoms with Gasteiger partial charge in [0.25, 0.3) is 0 Å². The molecule has 9 heteroatoms. The van der Waals surface area contributed by atoms with Gasteiger partial charge in [0.1, 0.15) is 24.7 Å². The minimum Gasteiger partial charge on any atom is -0.497 e. The number of benzene rings is 2. The summed E-state index contributed by atoms with van der Waals surface area (Å²) in [6, 6.07) is 14.1. The monoisotopic (exact) mass is 454 g/mol. The van der Waals surface area contributed by atoms with Crippen molar-refractivity contribution < 1.29 is 33.3 Å². The Kier molecular flexibility index (Phi) is 9.12. The predicted octanol–water partition coefficient (Wildman–Crippen LogP) is 2.05. The van der Waals surface area contributed by atoms with Gasteiger partial charge in [0.2, 0.25) is 5.91 Å². The number of rotatable bonds is 10. The molecule has 0 radical (unpaired) electrons. The van der Waals surface area contributed by atoms with Crippen LogP contribution in [-0.2, 0) is 25.7 Å². The van der Waals surface area contributed by atoms with Crippen molar-refractivity contribution in [3.8, 4) is 23.8 Å². The summed E-state index contributed by atoms with van der Waals surface area (Å²) in [7, 11) is 2.71. The normalized spacial score (nSPS) is 12.8. The minimum absolute atomic E-state index is 0.0186. The molecule has 0 aliphatic carbocycles. The largest absolute Gasteiger partial charge is 0.497 e. The number of terminal acetylenes is 1. The molecule has 0 unspecified atom stereocenters. The van der Waals surface area contributed by atoms with E-state index in [2.05, 4.69) is 21.3 Å². The second-order valence-electron chi connectivity index (χ2n) is 6.96. The molecule has 0 aliphatic rings. The maximum Gasteiger partial charge on any atom is 0.408 e. The smallest absolute Gasteiger partial charge is 0.408 e. The zero-order valence-corrected chi connectivity index (χ0v) is 18.6. The molecule has 0 aliphatic heterocycles. The number of hydrogen-bond acceptors (Lipinski definition) is 7. The summed E-state index contributed by atoms with van der Waals surface area (Å²) in [6.45, 7) is 1.02. The minimum atomic E-state index is -1.64. The molecular weight excluding hydrogens is 428 g/mol. The highest BCUT2D eigenvalue weighted by molar-refractivity contribution is 5.90. The summed E-state index contributed by atoms with van der Waals surface area (Å²) in [5, 5.41) is 4.82. The van der Waals surface area contributed by atoms with Gasteiger partial charge in [-0.1, -0.05) is 36.3 Å². The van der Waals surface area contributed by atoms with Gasteiger partial charge in [0.15, 0.2) is 11.6 Å². The quantitative estimate of drug-likeness (QED) is 0.417. The van der Waals surface area contributed by atoms with Crippen molar-refractivity contribution in [1.29, 1.82) is 0 Å².